The van der Waals surface area contributed by atoms with E-state index < -0.39 is 17.7 Å². The number of hydrogen-bond acceptors (Lipinski definition) is 6. The monoisotopic (exact) mass is 499 g/mol. The van der Waals surface area contributed by atoms with Crippen molar-refractivity contribution < 1.29 is 22.7 Å². The van der Waals surface area contributed by atoms with Gasteiger partial charge in [-0.1, -0.05) is 53.2 Å². The van der Waals surface area contributed by atoms with Crippen molar-refractivity contribution in [3.8, 4) is 10.4 Å². The van der Waals surface area contributed by atoms with Gasteiger partial charge in [-0.25, -0.2) is 14.8 Å². The quantitative estimate of drug-likeness (QED) is 0.398. The number of carbonyl (C=O) groups excluding carboxylic acids is 1. The zero-order valence-electron chi connectivity index (χ0n) is 16.2. The fourth-order valence-corrected chi connectivity index (χ4v) is 4.06. The van der Waals surface area contributed by atoms with Crippen molar-refractivity contribution in [3.05, 3.63) is 57.8 Å². The molecular weight excluding hydrogens is 483 g/mol. The smallest absolute Gasteiger partial charge is 0.417 e. The summed E-state index contributed by atoms with van der Waals surface area (Å²) in [5.41, 5.74) is 0.433. The number of hydrogen-bond donors (Lipinski definition) is 1. The van der Waals surface area contributed by atoms with Crippen LogP contribution in [-0.2, 0) is 10.9 Å². The van der Waals surface area contributed by atoms with Gasteiger partial charge in [-0.2, -0.15) is 13.2 Å². The van der Waals surface area contributed by atoms with Crippen molar-refractivity contribution in [1.82, 2.24) is 9.97 Å². The van der Waals surface area contributed by atoms with Gasteiger partial charge in [0.05, 0.1) is 23.2 Å². The van der Waals surface area contributed by atoms with E-state index in [4.69, 9.17) is 0 Å². The first kappa shape index (κ1) is 22.2. The average Bonchev–Trinajstić information content (AvgIpc) is 3.11. The topological polar surface area (TPSA) is 64.1 Å². The molecule has 0 bridgehead atoms. The van der Waals surface area contributed by atoms with E-state index in [1.54, 1.807) is 0 Å². The van der Waals surface area contributed by atoms with Gasteiger partial charge in [0.1, 0.15) is 11.4 Å². The Morgan fingerprint density at radius 1 is 1.23 bits per heavy atom. The number of esters is 1. The third kappa shape index (κ3) is 4.81. The average molecular weight is 500 g/mol. The molecule has 0 aliphatic rings. The number of thiazole rings is 1. The summed E-state index contributed by atoms with van der Waals surface area (Å²) in [6, 6.07) is 8.44. The first-order chi connectivity index (χ1) is 14.1. The SMILES string of the molecule is COC(=O)c1cc(C(F)(F)F)cnc1Nc1nc(C(C)C)c(-c2ccc(Br)cc2)s1. The Kier molecular flexibility index (Phi) is 6.47. The Morgan fingerprint density at radius 2 is 1.90 bits per heavy atom. The van der Waals surface area contributed by atoms with Gasteiger partial charge in [0, 0.05) is 10.7 Å². The lowest BCUT2D eigenvalue weighted by Gasteiger charge is -2.11. The number of anilines is 2. The lowest BCUT2D eigenvalue weighted by Crippen LogP contribution is -2.12. The Morgan fingerprint density at radius 3 is 2.47 bits per heavy atom. The van der Waals surface area contributed by atoms with Gasteiger partial charge in [-0.05, 0) is 29.7 Å². The van der Waals surface area contributed by atoms with Crippen LogP contribution in [0.2, 0.25) is 0 Å². The normalized spacial score (nSPS) is 11.6. The first-order valence-electron chi connectivity index (χ1n) is 8.79. The maximum atomic E-state index is 13.0. The number of nitrogens with one attached hydrogen (secondary N) is 1. The third-order valence-electron chi connectivity index (χ3n) is 4.15. The van der Waals surface area contributed by atoms with Crippen molar-refractivity contribution in [1.29, 1.82) is 0 Å². The third-order valence-corrected chi connectivity index (χ3v) is 5.72. The molecule has 0 spiro atoms. The predicted octanol–water partition coefficient (Wildman–Crippen LogP) is 6.64. The summed E-state index contributed by atoms with van der Waals surface area (Å²) in [4.78, 5) is 21.4. The number of carbonyl (C=O) groups is 1. The molecule has 0 aliphatic heterocycles. The molecule has 0 fully saturated rings. The largest absolute Gasteiger partial charge is 0.465 e. The molecular formula is C20H17BrF3N3O2S. The summed E-state index contributed by atoms with van der Waals surface area (Å²) < 4.78 is 44.7. The molecule has 0 unspecified atom stereocenters. The molecule has 0 atom stereocenters. The van der Waals surface area contributed by atoms with Gasteiger partial charge in [-0.15, -0.1) is 0 Å². The maximum absolute atomic E-state index is 13.0. The number of pyridine rings is 1. The van der Waals surface area contributed by atoms with Gasteiger partial charge < -0.3 is 10.1 Å². The number of ether oxygens (including phenoxy) is 1. The highest BCUT2D eigenvalue weighted by molar-refractivity contribution is 9.10. The molecule has 2 heterocycles. The van der Waals surface area contributed by atoms with Crippen molar-refractivity contribution in [2.24, 2.45) is 0 Å². The summed E-state index contributed by atoms with van der Waals surface area (Å²) in [5, 5.41) is 3.29. The van der Waals surface area contributed by atoms with E-state index in [1.165, 1.54) is 11.3 Å². The molecule has 1 N–H and O–H groups in total. The first-order valence-corrected chi connectivity index (χ1v) is 10.4. The van der Waals surface area contributed by atoms with Gasteiger partial charge in [-0.3, -0.25) is 0 Å². The van der Waals surface area contributed by atoms with E-state index in [-0.39, 0.29) is 17.3 Å². The molecule has 0 aliphatic carbocycles. The minimum Gasteiger partial charge on any atom is -0.465 e. The summed E-state index contributed by atoms with van der Waals surface area (Å²) in [6.07, 6.45) is -3.96. The molecule has 10 heteroatoms. The van der Waals surface area contributed by atoms with E-state index in [1.807, 2.05) is 38.1 Å². The van der Waals surface area contributed by atoms with Crippen molar-refractivity contribution in [3.63, 3.8) is 0 Å². The van der Waals surface area contributed by atoms with Crippen LogP contribution in [0.3, 0.4) is 0 Å². The van der Waals surface area contributed by atoms with Crippen LogP contribution in [0.4, 0.5) is 24.1 Å². The standard InChI is InChI=1S/C20H17BrF3N3O2S/c1-10(2)15-16(11-4-6-13(21)7-5-11)30-19(26-15)27-17-14(18(28)29-3)8-12(9-25-17)20(22,23)24/h4-10H,1-3H3,(H,25,26,27). The Balaban J connectivity index is 2.03. The number of aromatic nitrogens is 2. The van der Waals surface area contributed by atoms with E-state index in [0.717, 1.165) is 27.7 Å². The van der Waals surface area contributed by atoms with Crippen LogP contribution in [0.25, 0.3) is 10.4 Å². The number of halogens is 4. The second kappa shape index (κ2) is 8.73. The molecule has 0 radical (unpaired) electrons. The second-order valence-corrected chi connectivity index (χ2v) is 8.54. The van der Waals surface area contributed by atoms with Crippen LogP contribution in [0, 0.1) is 0 Å². The number of rotatable bonds is 5. The molecule has 2 aromatic heterocycles. The number of methoxy groups -OCH3 is 1. The molecule has 1 aromatic carbocycles. The molecule has 0 amide bonds. The zero-order chi connectivity index (χ0) is 22.1. The lowest BCUT2D eigenvalue weighted by molar-refractivity contribution is -0.137. The predicted molar refractivity (Wildman–Crippen MR) is 113 cm³/mol. The second-order valence-electron chi connectivity index (χ2n) is 6.63. The highest BCUT2D eigenvalue weighted by atomic mass is 79.9. The summed E-state index contributed by atoms with van der Waals surface area (Å²) >= 11 is 4.73. The lowest BCUT2D eigenvalue weighted by atomic mass is 10.1. The highest BCUT2D eigenvalue weighted by Crippen LogP contribution is 2.39. The zero-order valence-corrected chi connectivity index (χ0v) is 18.6. The van der Waals surface area contributed by atoms with Crippen molar-refractivity contribution in [2.75, 3.05) is 12.4 Å². The fraction of sp³-hybridized carbons (Fsp3) is 0.250. The van der Waals surface area contributed by atoms with E-state index in [0.29, 0.717) is 17.4 Å². The Hall–Kier alpha value is -2.46. The van der Waals surface area contributed by atoms with Crippen LogP contribution in [0.5, 0.6) is 0 Å². The van der Waals surface area contributed by atoms with Crippen LogP contribution in [0.1, 0.15) is 41.4 Å². The Labute approximate surface area is 183 Å². The van der Waals surface area contributed by atoms with Crippen LogP contribution >= 0.6 is 27.3 Å². The molecule has 30 heavy (non-hydrogen) atoms. The molecule has 0 saturated heterocycles. The molecule has 5 nitrogen and oxygen atoms in total. The van der Waals surface area contributed by atoms with Crippen LogP contribution in [-0.4, -0.2) is 23.0 Å². The summed E-state index contributed by atoms with van der Waals surface area (Å²) in [6.45, 7) is 3.99. The van der Waals surface area contributed by atoms with Gasteiger partial charge in [0.15, 0.2) is 5.13 Å². The van der Waals surface area contributed by atoms with Crippen LogP contribution in [0.15, 0.2) is 41.0 Å². The van der Waals surface area contributed by atoms with Crippen LogP contribution < -0.4 is 5.32 Å². The summed E-state index contributed by atoms with van der Waals surface area (Å²) in [5.74, 6) is -0.873. The van der Waals surface area contributed by atoms with Gasteiger partial charge in [0.2, 0.25) is 0 Å². The molecule has 158 valence electrons. The molecule has 3 rings (SSSR count). The number of benzene rings is 1. The van der Waals surface area contributed by atoms with Gasteiger partial charge in [0.25, 0.3) is 0 Å². The summed E-state index contributed by atoms with van der Waals surface area (Å²) in [7, 11) is 1.10. The fourth-order valence-electron chi connectivity index (χ4n) is 2.67. The van der Waals surface area contributed by atoms with E-state index >= 15 is 0 Å². The van der Waals surface area contributed by atoms with Crippen molar-refractivity contribution >= 4 is 44.2 Å². The van der Waals surface area contributed by atoms with Gasteiger partial charge >= 0.3 is 12.1 Å². The maximum Gasteiger partial charge on any atom is 0.417 e. The minimum atomic E-state index is -4.63. The Bertz CT molecular complexity index is 1070. The van der Waals surface area contributed by atoms with Crippen molar-refractivity contribution in [2.45, 2.75) is 25.9 Å². The highest BCUT2D eigenvalue weighted by Gasteiger charge is 2.33. The minimum absolute atomic E-state index is 0.0544. The van der Waals surface area contributed by atoms with E-state index in [2.05, 4.69) is 36.0 Å². The number of alkyl halides is 3. The van der Waals surface area contributed by atoms with E-state index in [9.17, 15) is 18.0 Å². The molecule has 3 aromatic rings. The molecule has 0 saturated carbocycles. The number of nitrogens with zero attached hydrogens (tertiary/aromatic N) is 2.